The summed E-state index contributed by atoms with van der Waals surface area (Å²) in [6, 6.07) is 0. The Morgan fingerprint density at radius 1 is 1.67 bits per heavy atom. The molecule has 35 valence electrons. The molecule has 2 nitrogen and oxygen atoms in total. The Labute approximate surface area is 76.8 Å². The van der Waals surface area contributed by atoms with Crippen molar-refractivity contribution in [3.05, 3.63) is 0 Å². The van der Waals surface area contributed by atoms with Gasteiger partial charge in [-0.1, -0.05) is 0 Å². The van der Waals surface area contributed by atoms with E-state index in [9.17, 15) is 0 Å². The molecule has 1 N–H and O–H groups in total. The Bertz CT molecular complexity index is 34.5. The van der Waals surface area contributed by atoms with Crippen LogP contribution in [0.2, 0.25) is 0 Å². The molecule has 0 unspecified atom stereocenters. The number of hydrogen-bond donors (Lipinski definition) is 1. The number of aliphatic carboxylic acids is 1. The first-order valence-corrected chi connectivity index (χ1v) is 0.928. The molecule has 0 fully saturated rings. The van der Waals surface area contributed by atoms with Crippen molar-refractivity contribution < 1.29 is 27.0 Å². The van der Waals surface area contributed by atoms with Crippen LogP contribution >= 0.6 is 0 Å². The van der Waals surface area contributed by atoms with Crippen molar-refractivity contribution in [1.29, 1.82) is 0 Å². The van der Waals surface area contributed by atoms with E-state index in [0.717, 1.165) is 6.92 Å². The zero-order valence-electron chi connectivity index (χ0n) is 2.73. The number of rotatable bonds is 0. The third kappa shape index (κ3) is 60.7. The second kappa shape index (κ2) is 9.54. The molecule has 4 heteroatoms. The summed E-state index contributed by atoms with van der Waals surface area (Å²) in [5, 5.41) is 7.42. The molecule has 0 aliphatic rings. The van der Waals surface area contributed by atoms with Crippen LogP contribution in [0, 0.1) is 0 Å². The van der Waals surface area contributed by atoms with Gasteiger partial charge in [0.2, 0.25) is 0 Å². The van der Waals surface area contributed by atoms with E-state index in [0.29, 0.717) is 0 Å². The van der Waals surface area contributed by atoms with Gasteiger partial charge in [-0.25, -0.2) is 0 Å². The molecular weight excluding hydrogens is 151 g/mol. The van der Waals surface area contributed by atoms with E-state index >= 15 is 0 Å². The van der Waals surface area contributed by atoms with Crippen LogP contribution in [0.25, 0.3) is 0 Å². The summed E-state index contributed by atoms with van der Waals surface area (Å²) < 4.78 is 0. The van der Waals surface area contributed by atoms with E-state index in [1.54, 1.807) is 0 Å². The molecule has 0 aliphatic carbocycles. The predicted octanol–water partition coefficient (Wildman–Crippen LogP) is -0.828. The van der Waals surface area contributed by atoms with Crippen LogP contribution in [0.15, 0.2) is 0 Å². The zero-order valence-corrected chi connectivity index (χ0v) is 3.91. The maximum absolute atomic E-state index is 9.00. The standard InChI is InChI=1S/C2H4O2.Ca.Mn.2H/c1-2(3)4;;;;/h1H3,(H,3,4);;;;. The van der Waals surface area contributed by atoms with Gasteiger partial charge in [0.25, 0.3) is 5.97 Å². The second-order valence-corrected chi connectivity index (χ2v) is 0.519. The van der Waals surface area contributed by atoms with Crippen LogP contribution in [0.3, 0.4) is 0 Å². The minimum Gasteiger partial charge on any atom is 0 e. The van der Waals surface area contributed by atoms with E-state index in [1.165, 1.54) is 0 Å². The minimum absolute atomic E-state index is 0. The molecular formula is C2H6CaMnO2. The molecule has 0 rings (SSSR count). The molecule has 0 saturated carbocycles. The molecule has 0 aromatic rings. The minimum atomic E-state index is -0.833. The van der Waals surface area contributed by atoms with Gasteiger partial charge in [-0.05, 0) is 0 Å². The fourth-order valence-corrected chi connectivity index (χ4v) is 0. The summed E-state index contributed by atoms with van der Waals surface area (Å²) in [7, 11) is 0. The van der Waals surface area contributed by atoms with Crippen LogP contribution in [-0.4, -0.2) is 48.8 Å². The first-order valence-electron chi connectivity index (χ1n) is 0.928. The maximum Gasteiger partial charge on any atom is 0 e. The Kier molecular flexibility index (Phi) is 24.9. The molecule has 0 aromatic heterocycles. The summed E-state index contributed by atoms with van der Waals surface area (Å²) in [5.41, 5.74) is 0. The number of carboxylic acids is 1. The van der Waals surface area contributed by atoms with Crippen LogP contribution in [0.5, 0.6) is 0 Å². The van der Waals surface area contributed by atoms with Crippen molar-refractivity contribution in [3.8, 4) is 0 Å². The summed E-state index contributed by atoms with van der Waals surface area (Å²) in [4.78, 5) is 9.00. The van der Waals surface area contributed by atoms with E-state index in [1.807, 2.05) is 0 Å². The second-order valence-electron chi connectivity index (χ2n) is 0.519. The van der Waals surface area contributed by atoms with Crippen molar-refractivity contribution in [3.63, 3.8) is 0 Å². The molecule has 0 spiro atoms. The van der Waals surface area contributed by atoms with Crippen LogP contribution in [-0.2, 0) is 21.9 Å². The van der Waals surface area contributed by atoms with Gasteiger partial charge in [0.05, 0.1) is 0 Å². The Balaban J connectivity index is -0.0000000450. The van der Waals surface area contributed by atoms with E-state index in [-0.39, 0.29) is 54.8 Å². The van der Waals surface area contributed by atoms with Gasteiger partial charge in [-0.15, -0.1) is 0 Å². The summed E-state index contributed by atoms with van der Waals surface area (Å²) in [6.07, 6.45) is 0. The zero-order chi connectivity index (χ0) is 3.58. The smallest absolute Gasteiger partial charge is 0 e. The summed E-state index contributed by atoms with van der Waals surface area (Å²) in [5.74, 6) is -0.833. The van der Waals surface area contributed by atoms with Crippen molar-refractivity contribution in [1.82, 2.24) is 0 Å². The van der Waals surface area contributed by atoms with E-state index in [4.69, 9.17) is 9.90 Å². The largest absolute Gasteiger partial charge is 0 e. The summed E-state index contributed by atoms with van der Waals surface area (Å²) in [6.45, 7) is 1.08. The predicted molar refractivity (Wildman–Crippen MR) is 21.9 cm³/mol. The monoisotopic (exact) mass is 157 g/mol. The molecule has 1 radical (unpaired) electrons. The summed E-state index contributed by atoms with van der Waals surface area (Å²) >= 11 is 0. The van der Waals surface area contributed by atoms with E-state index in [2.05, 4.69) is 0 Å². The van der Waals surface area contributed by atoms with Crippen molar-refractivity contribution >= 4 is 43.7 Å². The van der Waals surface area contributed by atoms with Gasteiger partial charge in [0.15, 0.2) is 0 Å². The van der Waals surface area contributed by atoms with Crippen molar-refractivity contribution in [2.45, 2.75) is 6.92 Å². The van der Waals surface area contributed by atoms with Gasteiger partial charge in [-0.2, -0.15) is 0 Å². The number of hydrogen-bond acceptors (Lipinski definition) is 1. The van der Waals surface area contributed by atoms with Crippen molar-refractivity contribution in [2.75, 3.05) is 0 Å². The first-order chi connectivity index (χ1) is 1.73. The van der Waals surface area contributed by atoms with Gasteiger partial charge < -0.3 is 5.11 Å². The van der Waals surface area contributed by atoms with Gasteiger partial charge in [0, 0.05) is 24.0 Å². The quantitative estimate of drug-likeness (QED) is 0.466. The average Bonchev–Trinajstić information content (AvgIpc) is 0.811. The van der Waals surface area contributed by atoms with Crippen molar-refractivity contribution in [2.24, 2.45) is 0 Å². The van der Waals surface area contributed by atoms with Gasteiger partial charge in [0.1, 0.15) is 0 Å². The Morgan fingerprint density at radius 2 is 1.67 bits per heavy atom. The molecule has 0 bridgehead atoms. The van der Waals surface area contributed by atoms with E-state index < -0.39 is 5.97 Å². The van der Waals surface area contributed by atoms with Crippen LogP contribution in [0.1, 0.15) is 6.92 Å². The fraction of sp³-hybridized carbons (Fsp3) is 0.500. The van der Waals surface area contributed by atoms with Gasteiger partial charge >= 0.3 is 37.7 Å². The van der Waals surface area contributed by atoms with Gasteiger partial charge in [-0.3, -0.25) is 4.79 Å². The topological polar surface area (TPSA) is 37.3 Å². The van der Waals surface area contributed by atoms with Crippen LogP contribution in [0.4, 0.5) is 0 Å². The molecule has 0 aliphatic heterocycles. The number of carboxylic acid groups (broad SMARTS) is 1. The Hall–Kier alpha value is 1.25. The first kappa shape index (κ1) is 15.7. The maximum atomic E-state index is 9.00. The normalized spacial score (nSPS) is 4.17. The molecule has 0 aromatic carbocycles. The average molecular weight is 157 g/mol. The molecule has 0 saturated heterocycles. The fourth-order valence-electron chi connectivity index (χ4n) is 0. The third-order valence-corrected chi connectivity index (χ3v) is 0. The number of carbonyl (C=O) groups is 1. The molecule has 6 heavy (non-hydrogen) atoms. The third-order valence-electron chi connectivity index (χ3n) is 0. The Morgan fingerprint density at radius 3 is 1.67 bits per heavy atom. The molecule has 0 atom stereocenters. The van der Waals surface area contributed by atoms with Crippen LogP contribution < -0.4 is 0 Å². The SMILES string of the molecule is CC(=O)O.[CaH2].[Mn]. The molecule has 0 heterocycles. The molecule has 0 amide bonds.